The average Bonchev–Trinajstić information content (AvgIpc) is 2.83. The fourth-order valence-corrected chi connectivity index (χ4v) is 4.97. The summed E-state index contributed by atoms with van der Waals surface area (Å²) in [5, 5.41) is 0. The van der Waals surface area contributed by atoms with Crippen molar-refractivity contribution < 1.29 is 19.1 Å². The molecule has 1 aliphatic rings. The summed E-state index contributed by atoms with van der Waals surface area (Å²) in [5.74, 6) is 0.356. The maximum Gasteiger partial charge on any atom is 0.308 e. The number of hydrogen-bond acceptors (Lipinski definition) is 4. The van der Waals surface area contributed by atoms with Gasteiger partial charge in [0, 0.05) is 0 Å². The monoisotopic (exact) mass is 480 g/mol. The standard InChI is InChI=1S/C30H56O4/c1-4-5-6-7-8-11-14-17-23-33-29(31)27-21-19-22-28(25-27)30(32)34-24-18-15-12-9-10-13-16-20-26(2)3/h26-28H,4-25H2,1-3H3. The lowest BCUT2D eigenvalue weighted by atomic mass is 9.81. The minimum absolute atomic E-state index is 0.103. The highest BCUT2D eigenvalue weighted by Crippen LogP contribution is 2.31. The van der Waals surface area contributed by atoms with Crippen molar-refractivity contribution in [3.05, 3.63) is 0 Å². The minimum atomic E-state index is -0.129. The molecule has 0 aromatic heterocycles. The lowest BCUT2D eigenvalue weighted by molar-refractivity contribution is -0.155. The number of hydrogen-bond donors (Lipinski definition) is 0. The van der Waals surface area contributed by atoms with Crippen molar-refractivity contribution in [1.29, 1.82) is 0 Å². The molecule has 200 valence electrons. The fraction of sp³-hybridized carbons (Fsp3) is 0.933. The number of unbranched alkanes of at least 4 members (excludes halogenated alkanes) is 13. The zero-order valence-electron chi connectivity index (χ0n) is 22.9. The molecule has 1 saturated carbocycles. The summed E-state index contributed by atoms with van der Waals surface area (Å²) in [4.78, 5) is 24.9. The Bertz CT molecular complexity index is 502. The van der Waals surface area contributed by atoms with Crippen LogP contribution >= 0.6 is 0 Å². The molecule has 2 unspecified atom stereocenters. The molecule has 0 spiro atoms. The van der Waals surface area contributed by atoms with Crippen LogP contribution < -0.4 is 0 Å². The van der Waals surface area contributed by atoms with Crippen LogP contribution in [0.4, 0.5) is 0 Å². The van der Waals surface area contributed by atoms with Gasteiger partial charge in [0.05, 0.1) is 25.0 Å². The molecular weight excluding hydrogens is 424 g/mol. The summed E-state index contributed by atoms with van der Waals surface area (Å²) >= 11 is 0. The molecule has 0 heterocycles. The topological polar surface area (TPSA) is 52.6 Å². The van der Waals surface area contributed by atoms with Crippen molar-refractivity contribution in [2.45, 2.75) is 149 Å². The van der Waals surface area contributed by atoms with Gasteiger partial charge in [0.2, 0.25) is 0 Å². The largest absolute Gasteiger partial charge is 0.465 e. The second kappa shape index (κ2) is 21.2. The average molecular weight is 481 g/mol. The molecule has 0 saturated heterocycles. The Balaban J connectivity index is 2.03. The van der Waals surface area contributed by atoms with Gasteiger partial charge in [0.1, 0.15) is 0 Å². The molecule has 0 aromatic rings. The molecule has 1 rings (SSSR count). The van der Waals surface area contributed by atoms with E-state index in [4.69, 9.17) is 9.47 Å². The van der Waals surface area contributed by atoms with Crippen LogP contribution in [0.1, 0.15) is 149 Å². The quantitative estimate of drug-likeness (QED) is 0.122. The van der Waals surface area contributed by atoms with Gasteiger partial charge in [-0.1, -0.05) is 117 Å². The van der Waals surface area contributed by atoms with Gasteiger partial charge >= 0.3 is 11.9 Å². The van der Waals surface area contributed by atoms with Crippen LogP contribution in [0.2, 0.25) is 0 Å². The van der Waals surface area contributed by atoms with E-state index in [0.717, 1.165) is 50.9 Å². The molecule has 1 aliphatic carbocycles. The summed E-state index contributed by atoms with van der Waals surface area (Å²) in [6.07, 6.45) is 23.1. The van der Waals surface area contributed by atoms with Crippen LogP contribution in [0, 0.1) is 17.8 Å². The van der Waals surface area contributed by atoms with Crippen molar-refractivity contribution in [3.63, 3.8) is 0 Å². The van der Waals surface area contributed by atoms with Crippen LogP contribution in [-0.4, -0.2) is 25.2 Å². The Hall–Kier alpha value is -1.06. The Morgan fingerprint density at radius 2 is 1.06 bits per heavy atom. The predicted octanol–water partition coefficient (Wildman–Crippen LogP) is 8.80. The Morgan fingerprint density at radius 3 is 1.50 bits per heavy atom. The molecule has 0 bridgehead atoms. The molecule has 0 aliphatic heterocycles. The Labute approximate surface area is 211 Å². The van der Waals surface area contributed by atoms with E-state index >= 15 is 0 Å². The van der Waals surface area contributed by atoms with Gasteiger partial charge in [-0.2, -0.15) is 0 Å². The second-order valence-corrected chi connectivity index (χ2v) is 11.0. The maximum atomic E-state index is 12.5. The normalized spacial score (nSPS) is 18.2. The van der Waals surface area contributed by atoms with E-state index < -0.39 is 0 Å². The predicted molar refractivity (Wildman–Crippen MR) is 142 cm³/mol. The first-order valence-electron chi connectivity index (χ1n) is 14.9. The first-order valence-corrected chi connectivity index (χ1v) is 14.9. The van der Waals surface area contributed by atoms with Crippen LogP contribution in [0.15, 0.2) is 0 Å². The third-order valence-corrected chi connectivity index (χ3v) is 7.25. The van der Waals surface area contributed by atoms with Gasteiger partial charge in [0.25, 0.3) is 0 Å². The molecule has 0 aromatic carbocycles. The van der Waals surface area contributed by atoms with Crippen LogP contribution in [0.3, 0.4) is 0 Å². The fourth-order valence-electron chi connectivity index (χ4n) is 4.97. The lowest BCUT2D eigenvalue weighted by Gasteiger charge is -2.26. The summed E-state index contributed by atoms with van der Waals surface area (Å²) in [7, 11) is 0. The maximum absolute atomic E-state index is 12.5. The SMILES string of the molecule is CCCCCCCCCCOC(=O)C1CCCC(C(=O)OCCCCCCCCCC(C)C)C1. The number of carbonyl (C=O) groups excluding carboxylic acids is 2. The minimum Gasteiger partial charge on any atom is -0.465 e. The number of carbonyl (C=O) groups is 2. The highest BCUT2D eigenvalue weighted by molar-refractivity contribution is 5.76. The van der Waals surface area contributed by atoms with Crippen LogP contribution in [-0.2, 0) is 19.1 Å². The molecular formula is C30H56O4. The van der Waals surface area contributed by atoms with E-state index in [1.54, 1.807) is 0 Å². The van der Waals surface area contributed by atoms with E-state index in [0.29, 0.717) is 19.6 Å². The zero-order chi connectivity index (χ0) is 24.9. The van der Waals surface area contributed by atoms with Crippen molar-refractivity contribution in [2.75, 3.05) is 13.2 Å². The number of esters is 2. The lowest BCUT2D eigenvalue weighted by Crippen LogP contribution is -2.30. The number of rotatable bonds is 21. The summed E-state index contributed by atoms with van der Waals surface area (Å²) in [5.41, 5.74) is 0. The third-order valence-electron chi connectivity index (χ3n) is 7.25. The van der Waals surface area contributed by atoms with Crippen molar-refractivity contribution in [1.82, 2.24) is 0 Å². The molecule has 0 amide bonds. The van der Waals surface area contributed by atoms with E-state index in [1.165, 1.54) is 77.0 Å². The van der Waals surface area contributed by atoms with Gasteiger partial charge in [0.15, 0.2) is 0 Å². The van der Waals surface area contributed by atoms with E-state index in [9.17, 15) is 9.59 Å². The number of ether oxygens (including phenoxy) is 2. The third kappa shape index (κ3) is 16.5. The molecule has 4 nitrogen and oxygen atoms in total. The van der Waals surface area contributed by atoms with Gasteiger partial charge in [-0.05, 0) is 38.0 Å². The molecule has 1 fully saturated rings. The van der Waals surface area contributed by atoms with Crippen LogP contribution in [0.5, 0.6) is 0 Å². The van der Waals surface area contributed by atoms with E-state index in [-0.39, 0.29) is 23.8 Å². The van der Waals surface area contributed by atoms with Crippen molar-refractivity contribution >= 4 is 11.9 Å². The highest BCUT2D eigenvalue weighted by Gasteiger charge is 2.32. The first kappa shape index (κ1) is 31.0. The summed E-state index contributed by atoms with van der Waals surface area (Å²) in [6.45, 7) is 7.87. The summed E-state index contributed by atoms with van der Waals surface area (Å²) in [6, 6.07) is 0. The van der Waals surface area contributed by atoms with E-state index in [1.807, 2.05) is 0 Å². The Morgan fingerprint density at radius 1 is 0.647 bits per heavy atom. The van der Waals surface area contributed by atoms with Gasteiger partial charge in [-0.3, -0.25) is 9.59 Å². The highest BCUT2D eigenvalue weighted by atomic mass is 16.5. The molecule has 4 heteroatoms. The smallest absolute Gasteiger partial charge is 0.308 e. The van der Waals surface area contributed by atoms with Crippen LogP contribution in [0.25, 0.3) is 0 Å². The van der Waals surface area contributed by atoms with Gasteiger partial charge in [-0.25, -0.2) is 0 Å². The van der Waals surface area contributed by atoms with Crippen molar-refractivity contribution in [3.8, 4) is 0 Å². The van der Waals surface area contributed by atoms with Gasteiger partial charge in [-0.15, -0.1) is 0 Å². The molecule has 0 N–H and O–H groups in total. The summed E-state index contributed by atoms with van der Waals surface area (Å²) < 4.78 is 11.1. The second-order valence-electron chi connectivity index (χ2n) is 11.0. The van der Waals surface area contributed by atoms with Crippen molar-refractivity contribution in [2.24, 2.45) is 17.8 Å². The zero-order valence-corrected chi connectivity index (χ0v) is 22.9. The molecule has 2 atom stereocenters. The Kier molecular flexibility index (Phi) is 19.3. The molecule has 0 radical (unpaired) electrons. The van der Waals surface area contributed by atoms with E-state index in [2.05, 4.69) is 20.8 Å². The molecule has 34 heavy (non-hydrogen) atoms. The first-order chi connectivity index (χ1) is 16.5. The van der Waals surface area contributed by atoms with Gasteiger partial charge < -0.3 is 9.47 Å².